The Morgan fingerprint density at radius 3 is 1.84 bits per heavy atom. The topological polar surface area (TPSA) is 42.2 Å². The van der Waals surface area contributed by atoms with Crippen LogP contribution in [0.4, 0.5) is 8.78 Å². The third-order valence-electron chi connectivity index (χ3n) is 3.54. The molecule has 0 aliphatic rings. The highest BCUT2D eigenvalue weighted by Crippen LogP contribution is 2.24. The molecule has 25 heavy (non-hydrogen) atoms. The first-order chi connectivity index (χ1) is 12.2. The van der Waals surface area contributed by atoms with Crippen LogP contribution in [0.25, 0.3) is 11.1 Å². The summed E-state index contributed by atoms with van der Waals surface area (Å²) in [6, 6.07) is 19.4. The molecule has 0 saturated carbocycles. The Morgan fingerprint density at radius 1 is 0.720 bits per heavy atom. The smallest absolute Gasteiger partial charge is 0.230 e. The molecule has 0 unspecified atom stereocenters. The Balaban J connectivity index is 1.58. The summed E-state index contributed by atoms with van der Waals surface area (Å²) in [5.41, 5.74) is 1.89. The van der Waals surface area contributed by atoms with Crippen LogP contribution < -0.4 is 9.47 Å². The van der Waals surface area contributed by atoms with E-state index in [4.69, 9.17) is 14.7 Å². The summed E-state index contributed by atoms with van der Waals surface area (Å²) in [4.78, 5) is 0. The second-order valence-electron chi connectivity index (χ2n) is 5.20. The van der Waals surface area contributed by atoms with Crippen molar-refractivity contribution in [1.29, 1.82) is 5.26 Å². The highest BCUT2D eigenvalue weighted by molar-refractivity contribution is 5.64. The van der Waals surface area contributed by atoms with Crippen molar-refractivity contribution in [2.45, 2.75) is 0 Å². The third kappa shape index (κ3) is 4.12. The van der Waals surface area contributed by atoms with Gasteiger partial charge in [0, 0.05) is 0 Å². The van der Waals surface area contributed by atoms with Crippen molar-refractivity contribution in [3.63, 3.8) is 0 Å². The van der Waals surface area contributed by atoms with E-state index >= 15 is 0 Å². The number of hydrogen-bond acceptors (Lipinski definition) is 3. The van der Waals surface area contributed by atoms with E-state index in [2.05, 4.69) is 0 Å². The summed E-state index contributed by atoms with van der Waals surface area (Å²) in [6.07, 6.45) is 0. The van der Waals surface area contributed by atoms with Crippen LogP contribution in [0.15, 0.2) is 66.7 Å². The van der Waals surface area contributed by atoms with Gasteiger partial charge in [0.2, 0.25) is 6.79 Å². The molecular formula is C20H13F2NO2. The van der Waals surface area contributed by atoms with Gasteiger partial charge in [-0.15, -0.1) is 0 Å². The predicted octanol–water partition coefficient (Wildman–Crippen LogP) is 4.92. The Kier molecular flexibility index (Phi) is 4.91. The minimum Gasteiger partial charge on any atom is -0.458 e. The number of hydrogen-bond donors (Lipinski definition) is 0. The highest BCUT2D eigenvalue weighted by Gasteiger charge is 2.05. The van der Waals surface area contributed by atoms with Crippen molar-refractivity contribution in [2.75, 3.05) is 6.79 Å². The van der Waals surface area contributed by atoms with Gasteiger partial charge in [-0.1, -0.05) is 18.2 Å². The van der Waals surface area contributed by atoms with Crippen LogP contribution >= 0.6 is 0 Å². The molecule has 0 aliphatic carbocycles. The van der Waals surface area contributed by atoms with Gasteiger partial charge in [-0.2, -0.15) is 5.26 Å². The largest absolute Gasteiger partial charge is 0.458 e. The monoisotopic (exact) mass is 337 g/mol. The molecule has 0 saturated heterocycles. The van der Waals surface area contributed by atoms with E-state index in [-0.39, 0.29) is 6.79 Å². The number of nitrogens with zero attached hydrogens (tertiary/aromatic N) is 1. The SMILES string of the molecule is N#Cc1ccc(OCOc2ccc(-c3ccc(F)c(F)c3)cc2)cc1. The van der Waals surface area contributed by atoms with E-state index in [0.29, 0.717) is 22.6 Å². The van der Waals surface area contributed by atoms with Crippen molar-refractivity contribution >= 4 is 0 Å². The minimum atomic E-state index is -0.881. The molecule has 5 heteroatoms. The van der Waals surface area contributed by atoms with Crippen molar-refractivity contribution in [3.8, 4) is 28.7 Å². The first kappa shape index (κ1) is 16.5. The summed E-state index contributed by atoms with van der Waals surface area (Å²) in [5.74, 6) is -0.574. The van der Waals surface area contributed by atoms with Crippen LogP contribution in [0.5, 0.6) is 11.5 Å². The van der Waals surface area contributed by atoms with E-state index in [1.807, 2.05) is 6.07 Å². The van der Waals surface area contributed by atoms with E-state index in [1.54, 1.807) is 48.5 Å². The zero-order valence-corrected chi connectivity index (χ0v) is 13.1. The predicted molar refractivity (Wildman–Crippen MR) is 89.1 cm³/mol. The molecule has 0 aromatic heterocycles. The number of rotatable bonds is 5. The van der Waals surface area contributed by atoms with Gasteiger partial charge >= 0.3 is 0 Å². The van der Waals surface area contributed by atoms with Gasteiger partial charge in [0.25, 0.3) is 0 Å². The van der Waals surface area contributed by atoms with Gasteiger partial charge in [0.05, 0.1) is 11.6 Å². The fraction of sp³-hybridized carbons (Fsp3) is 0.0500. The van der Waals surface area contributed by atoms with E-state index in [1.165, 1.54) is 6.07 Å². The molecule has 0 spiro atoms. The maximum atomic E-state index is 13.3. The van der Waals surface area contributed by atoms with Gasteiger partial charge in [-0.25, -0.2) is 8.78 Å². The number of halogens is 2. The maximum Gasteiger partial charge on any atom is 0.230 e. The summed E-state index contributed by atoms with van der Waals surface area (Å²) in [6.45, 7) is 0.0103. The first-order valence-electron chi connectivity index (χ1n) is 7.47. The normalized spacial score (nSPS) is 10.1. The molecule has 0 aliphatic heterocycles. The molecule has 0 radical (unpaired) electrons. The van der Waals surface area contributed by atoms with Gasteiger partial charge in [-0.3, -0.25) is 0 Å². The molecule has 0 fully saturated rings. The zero-order valence-electron chi connectivity index (χ0n) is 13.1. The molecule has 124 valence electrons. The van der Waals surface area contributed by atoms with Gasteiger partial charge in [0.15, 0.2) is 11.6 Å². The van der Waals surface area contributed by atoms with Crippen molar-refractivity contribution in [3.05, 3.63) is 83.9 Å². The fourth-order valence-electron chi connectivity index (χ4n) is 2.21. The second kappa shape index (κ2) is 7.45. The molecular weight excluding hydrogens is 324 g/mol. The van der Waals surface area contributed by atoms with Crippen molar-refractivity contribution < 1.29 is 18.3 Å². The van der Waals surface area contributed by atoms with Crippen molar-refractivity contribution in [1.82, 2.24) is 0 Å². The first-order valence-corrected chi connectivity index (χ1v) is 7.47. The fourth-order valence-corrected chi connectivity index (χ4v) is 2.21. The number of benzene rings is 3. The Morgan fingerprint density at radius 2 is 1.28 bits per heavy atom. The van der Waals surface area contributed by atoms with Crippen LogP contribution in [0, 0.1) is 23.0 Å². The lowest BCUT2D eigenvalue weighted by Gasteiger charge is -2.09. The maximum absolute atomic E-state index is 13.3. The minimum absolute atomic E-state index is 0.0103. The molecule has 0 heterocycles. The summed E-state index contributed by atoms with van der Waals surface area (Å²) >= 11 is 0. The number of ether oxygens (including phenoxy) is 2. The highest BCUT2D eigenvalue weighted by atomic mass is 19.2. The van der Waals surface area contributed by atoms with Crippen LogP contribution in [0.3, 0.4) is 0 Å². The van der Waals surface area contributed by atoms with E-state index in [0.717, 1.165) is 17.7 Å². The lowest BCUT2D eigenvalue weighted by atomic mass is 10.1. The third-order valence-corrected chi connectivity index (χ3v) is 3.54. The van der Waals surface area contributed by atoms with Crippen LogP contribution in [-0.4, -0.2) is 6.79 Å². The van der Waals surface area contributed by atoms with Crippen LogP contribution in [0.1, 0.15) is 5.56 Å². The summed E-state index contributed by atoms with van der Waals surface area (Å²) in [7, 11) is 0. The molecule has 3 aromatic carbocycles. The Labute approximate surface area is 143 Å². The average Bonchev–Trinajstić information content (AvgIpc) is 2.65. The molecule has 3 aromatic rings. The Hall–Kier alpha value is -3.39. The molecule has 0 bridgehead atoms. The second-order valence-corrected chi connectivity index (χ2v) is 5.20. The van der Waals surface area contributed by atoms with E-state index < -0.39 is 11.6 Å². The quantitative estimate of drug-likeness (QED) is 0.621. The van der Waals surface area contributed by atoms with Crippen LogP contribution in [0.2, 0.25) is 0 Å². The lowest BCUT2D eigenvalue weighted by Crippen LogP contribution is -2.05. The summed E-state index contributed by atoms with van der Waals surface area (Å²) in [5, 5.41) is 8.73. The van der Waals surface area contributed by atoms with Gasteiger partial charge < -0.3 is 9.47 Å². The molecule has 3 rings (SSSR count). The van der Waals surface area contributed by atoms with E-state index in [9.17, 15) is 8.78 Å². The van der Waals surface area contributed by atoms with Gasteiger partial charge in [0.1, 0.15) is 11.5 Å². The summed E-state index contributed by atoms with van der Waals surface area (Å²) < 4.78 is 37.2. The zero-order chi connectivity index (χ0) is 17.6. The van der Waals surface area contributed by atoms with Crippen molar-refractivity contribution in [2.24, 2.45) is 0 Å². The Bertz CT molecular complexity index is 900. The van der Waals surface area contributed by atoms with Crippen LogP contribution in [-0.2, 0) is 0 Å². The molecule has 3 nitrogen and oxygen atoms in total. The lowest BCUT2D eigenvalue weighted by molar-refractivity contribution is 0.120. The average molecular weight is 337 g/mol. The standard InChI is InChI=1S/C20H13F2NO2/c21-19-10-5-16(11-20(19)22)15-3-8-18(9-4-15)25-13-24-17-6-1-14(12-23)2-7-17/h1-11H,13H2. The van der Waals surface area contributed by atoms with Gasteiger partial charge in [-0.05, 0) is 59.7 Å². The molecule has 0 amide bonds. The number of nitriles is 1. The molecule has 0 N–H and O–H groups in total. The molecule has 0 atom stereocenters.